The lowest BCUT2D eigenvalue weighted by Crippen LogP contribution is -2.49. The molecule has 386 valence electrons. The molecule has 5 aromatic rings. The van der Waals surface area contributed by atoms with E-state index in [9.17, 15) is 29.1 Å². The minimum atomic E-state index is -5.39. The van der Waals surface area contributed by atoms with E-state index in [1.54, 1.807) is 44.2 Å². The van der Waals surface area contributed by atoms with Gasteiger partial charge in [-0.1, -0.05) is 52.8 Å². The number of amides is 1. The van der Waals surface area contributed by atoms with Crippen LogP contribution >= 0.6 is 15.6 Å². The van der Waals surface area contributed by atoms with Crippen LogP contribution < -0.4 is 10.9 Å². The van der Waals surface area contributed by atoms with Gasteiger partial charge in [0.05, 0.1) is 62.9 Å². The second-order valence-electron chi connectivity index (χ2n) is 19.7. The zero-order chi connectivity index (χ0) is 51.8. The number of ether oxygens (including phenoxy) is 2. The minimum absolute atomic E-state index is 0.00740. The first-order valence-electron chi connectivity index (χ1n) is 22.9. The lowest BCUT2D eigenvalue weighted by Gasteiger charge is -2.40. The third-order valence-corrected chi connectivity index (χ3v) is 20.5. The Morgan fingerprint density at radius 2 is 1.71 bits per heavy atom. The molecule has 7 heterocycles. The zero-order valence-electron chi connectivity index (χ0n) is 40.0. The first kappa shape index (κ1) is 51.8. The minimum Gasteiger partial charge on any atom is -0.407 e. The largest absolute Gasteiger partial charge is 0.475 e. The van der Waals surface area contributed by atoms with Crippen molar-refractivity contribution in [3.05, 3.63) is 71.1 Å². The molecule has 9 rings (SSSR count). The van der Waals surface area contributed by atoms with Gasteiger partial charge >= 0.3 is 15.6 Å². The summed E-state index contributed by atoms with van der Waals surface area (Å²) in [5.41, 5.74) is -3.07. The molecule has 1 saturated carbocycles. The van der Waals surface area contributed by atoms with Crippen molar-refractivity contribution in [3.63, 3.8) is 0 Å². The molecule has 4 fully saturated rings. The number of alkyl halides is 2. The van der Waals surface area contributed by atoms with Gasteiger partial charge in [0.1, 0.15) is 42.4 Å². The predicted molar refractivity (Wildman–Crippen MR) is 249 cm³/mol. The number of nitrogens with zero attached hydrogens (tertiary/aromatic N) is 8. The van der Waals surface area contributed by atoms with Crippen molar-refractivity contribution in [2.45, 2.75) is 121 Å². The Hall–Kier alpha value is -5.07. The van der Waals surface area contributed by atoms with Crippen molar-refractivity contribution in [3.8, 4) is 6.07 Å². The van der Waals surface area contributed by atoms with E-state index in [0.717, 1.165) is 12.7 Å². The number of rotatable bonds is 12. The second-order valence-corrected chi connectivity index (χ2v) is 27.5. The number of aromatic nitrogens is 8. The molecular weight excluding hydrogens is 1010 g/mol. The van der Waals surface area contributed by atoms with Gasteiger partial charge in [0.25, 0.3) is 17.4 Å². The average Bonchev–Trinajstić information content (AvgIpc) is 3.82. The van der Waals surface area contributed by atoms with Gasteiger partial charge < -0.3 is 29.1 Å². The van der Waals surface area contributed by atoms with Gasteiger partial charge in [0.2, 0.25) is 0 Å². The van der Waals surface area contributed by atoms with Crippen LogP contribution in [0, 0.1) is 22.7 Å². The number of hydrogen-bond donors (Lipinski definition) is 3. The Kier molecular flexibility index (Phi) is 13.7. The number of benzene rings is 1. The second kappa shape index (κ2) is 19.0. The number of ketones is 1. The van der Waals surface area contributed by atoms with E-state index in [1.165, 1.54) is 15.5 Å². The van der Waals surface area contributed by atoms with Crippen molar-refractivity contribution < 1.29 is 68.9 Å². The predicted octanol–water partition coefficient (Wildman–Crippen LogP) is 6.15. The van der Waals surface area contributed by atoms with Crippen LogP contribution in [0.5, 0.6) is 0 Å². The maximum atomic E-state index is 16.2. The Morgan fingerprint density at radius 3 is 2.38 bits per heavy atom. The van der Waals surface area contributed by atoms with Crippen LogP contribution in [0.15, 0.2) is 54.1 Å². The van der Waals surface area contributed by atoms with Crippen LogP contribution in [-0.4, -0.2) is 120 Å². The van der Waals surface area contributed by atoms with Gasteiger partial charge in [-0.05, 0) is 30.3 Å². The average molecular weight is 1060 g/mol. The number of carbonyl (C=O) groups excluding carboxylic acids is 2. The van der Waals surface area contributed by atoms with Crippen molar-refractivity contribution in [1.82, 2.24) is 39.0 Å². The molecule has 29 heteroatoms. The van der Waals surface area contributed by atoms with Crippen LogP contribution in [0.4, 0.5) is 14.6 Å². The molecule has 4 aliphatic rings. The summed E-state index contributed by atoms with van der Waals surface area (Å²) in [7, 11) is -13.5. The molecule has 72 heavy (non-hydrogen) atoms. The molecule has 0 radical (unpaired) electrons. The molecule has 10 atom stereocenters. The Morgan fingerprint density at radius 1 is 1.01 bits per heavy atom. The number of aromatic amines is 1. The fourth-order valence-corrected chi connectivity index (χ4v) is 12.3. The summed E-state index contributed by atoms with van der Waals surface area (Å²) in [6, 6.07) is 10.0. The third-order valence-electron chi connectivity index (χ3n) is 13.6. The molecule has 24 nitrogen and oxygen atoms in total. The number of fused-ring (bicyclic) bond motifs is 3. The van der Waals surface area contributed by atoms with Crippen LogP contribution in [0.1, 0.15) is 76.1 Å². The maximum absolute atomic E-state index is 16.2. The highest BCUT2D eigenvalue weighted by molar-refractivity contribution is 7.48. The molecule has 2 bridgehead atoms. The van der Waals surface area contributed by atoms with Crippen LogP contribution in [0.3, 0.4) is 0 Å². The summed E-state index contributed by atoms with van der Waals surface area (Å²) in [5, 5.41) is 11.6. The van der Waals surface area contributed by atoms with Gasteiger partial charge in [-0.3, -0.25) is 46.1 Å². The number of halogens is 2. The van der Waals surface area contributed by atoms with E-state index in [2.05, 4.69) is 35.2 Å². The summed E-state index contributed by atoms with van der Waals surface area (Å²) < 4.78 is 114. The topological polar surface area (TPSA) is 305 Å². The van der Waals surface area contributed by atoms with Gasteiger partial charge in [-0.15, -0.1) is 0 Å². The van der Waals surface area contributed by atoms with E-state index in [0.29, 0.717) is 5.56 Å². The van der Waals surface area contributed by atoms with Gasteiger partial charge in [-0.2, -0.15) is 5.26 Å². The first-order valence-corrected chi connectivity index (χ1v) is 28.7. The number of phosphoric ester groups is 2. The van der Waals surface area contributed by atoms with E-state index >= 15 is 13.3 Å². The third kappa shape index (κ3) is 9.64. The first-order chi connectivity index (χ1) is 33.9. The summed E-state index contributed by atoms with van der Waals surface area (Å²) in [6.07, 6.45) is -9.55. The van der Waals surface area contributed by atoms with Crippen molar-refractivity contribution in [1.29, 1.82) is 5.26 Å². The van der Waals surface area contributed by atoms with Crippen LogP contribution in [-0.2, 0) is 56.9 Å². The highest BCUT2D eigenvalue weighted by Crippen LogP contribution is 2.74. The fourth-order valence-electron chi connectivity index (χ4n) is 8.62. The number of hydrogen-bond acceptors (Lipinski definition) is 19. The van der Waals surface area contributed by atoms with Crippen molar-refractivity contribution in [2.75, 3.05) is 25.1 Å². The van der Waals surface area contributed by atoms with Crippen LogP contribution in [0.25, 0.3) is 22.3 Å². The Balaban J connectivity index is 1.12. The van der Waals surface area contributed by atoms with Gasteiger partial charge in [-0.25, -0.2) is 42.8 Å². The highest BCUT2D eigenvalue weighted by atomic mass is 31.2. The van der Waals surface area contributed by atoms with E-state index < -0.39 is 121 Å². The Labute approximate surface area is 410 Å². The normalized spacial score (nSPS) is 30.7. The standard InChI is InChI=1S/C43H52F2N10O14P2Si/c1-23(2)25(56)16-28-51-36-30(38(58)52-28)50-22-55(36)39-32(69-72(6,7)41(3,4)5)31-26(65-39)17-64-71(61,62-15-11-14-46)68-33-40(66-27(18-63-70(59,60)67-31)42(33)19-43(42,44)45)54-21-49-29-34(47-20-48-35(29)54)53-37(57)24-12-9-8-10-13-24/h8-10,12-13,20-23,26-27,31-33,39-40H,11,15-19H2,1-7H3,(H,59,60)(H,51,52,58)(H,47,48,53,57)/t26-,27-,31-,32-,33+,39-,40-,42-,71?/m1/s1. The van der Waals surface area contributed by atoms with E-state index in [1.807, 2.05) is 39.9 Å². The molecule has 1 spiro atoms. The number of Topliss-reactive ketones (excluding diaryl/α,β-unsaturated/α-hetero) is 1. The molecule has 3 N–H and O–H groups in total. The van der Waals surface area contributed by atoms with Gasteiger partial charge in [0.15, 0.2) is 48.9 Å². The maximum Gasteiger partial charge on any atom is 0.475 e. The number of imidazole rings is 2. The molecule has 2 unspecified atom stereocenters. The molecule has 4 aromatic heterocycles. The summed E-state index contributed by atoms with van der Waals surface area (Å²) in [4.78, 5) is 75.2. The number of nitriles is 1. The van der Waals surface area contributed by atoms with Gasteiger partial charge in [0, 0.05) is 17.9 Å². The number of phosphoric acid groups is 2. The summed E-state index contributed by atoms with van der Waals surface area (Å²) in [5.74, 6) is -4.82. The van der Waals surface area contributed by atoms with Crippen LogP contribution in [0.2, 0.25) is 18.1 Å². The van der Waals surface area contributed by atoms with Crippen molar-refractivity contribution in [2.24, 2.45) is 11.3 Å². The smallest absolute Gasteiger partial charge is 0.407 e. The number of anilines is 1. The molecule has 3 saturated heterocycles. The highest BCUT2D eigenvalue weighted by Gasteiger charge is 2.84. The SMILES string of the molecule is CC(C)C(=O)Cc1nc2c(ncn2[C@@H]2O[C@@H]3COP(=O)(OCCC#N)O[C@H]4[C@H](n5cnc6c(NC(=O)c7ccccc7)ncnc65)O[C@H](COP(=O)(O)O[C@H]3[C@H]2O[Si](C)(C)C(C)(C)C)[C@]42CC2(F)F)c(=O)[nH]1. The summed E-state index contributed by atoms with van der Waals surface area (Å²) in [6.45, 7) is 10.5. The van der Waals surface area contributed by atoms with E-state index in [4.69, 9.17) is 36.5 Å². The number of carbonyl (C=O) groups is 2. The molecule has 1 amide bonds. The lowest BCUT2D eigenvalue weighted by molar-refractivity contribution is -0.121. The number of nitrogens with one attached hydrogen (secondary N) is 2. The van der Waals surface area contributed by atoms with E-state index in [-0.39, 0.29) is 58.5 Å². The molecule has 1 aromatic carbocycles. The van der Waals surface area contributed by atoms with Crippen molar-refractivity contribution >= 4 is 63.8 Å². The quantitative estimate of drug-likeness (QED) is 0.0717. The zero-order valence-corrected chi connectivity index (χ0v) is 42.8. The molecule has 3 aliphatic heterocycles. The summed E-state index contributed by atoms with van der Waals surface area (Å²) >= 11 is 0. The molecule has 1 aliphatic carbocycles. The Bertz CT molecular complexity index is 3110. The monoisotopic (exact) mass is 1060 g/mol. The fraction of sp³-hybridized carbons (Fsp3) is 0.558. The number of H-pyrrole nitrogens is 1. The molecular formula is C43H52F2N10O14P2Si. The lowest BCUT2D eigenvalue weighted by atomic mass is 9.94.